The van der Waals surface area contributed by atoms with Crippen LogP contribution in [0.3, 0.4) is 0 Å². The van der Waals surface area contributed by atoms with Gasteiger partial charge in [-0.2, -0.15) is 4.98 Å². The molecule has 0 aromatic carbocycles. The van der Waals surface area contributed by atoms with E-state index >= 15 is 0 Å². The fourth-order valence-corrected chi connectivity index (χ4v) is 2.06. The van der Waals surface area contributed by atoms with Gasteiger partial charge in [0.1, 0.15) is 12.1 Å². The van der Waals surface area contributed by atoms with Gasteiger partial charge in [-0.3, -0.25) is 19.5 Å². The Labute approximate surface area is 138 Å². The van der Waals surface area contributed by atoms with Gasteiger partial charge >= 0.3 is 5.97 Å². The van der Waals surface area contributed by atoms with Gasteiger partial charge in [0.2, 0.25) is 11.7 Å². The summed E-state index contributed by atoms with van der Waals surface area (Å²) in [6.07, 6.45) is 2.41. The normalized spacial score (nSPS) is 10.6. The van der Waals surface area contributed by atoms with Crippen LogP contribution >= 0.6 is 0 Å². The minimum atomic E-state index is -0.982. The molecular formula is C14H10N4O7. The molecule has 0 fully saturated rings. The highest BCUT2D eigenvalue weighted by Crippen LogP contribution is 2.17. The number of methoxy groups -OCH3 is 1. The topological polar surface area (TPSA) is 144 Å². The van der Waals surface area contributed by atoms with E-state index in [-0.39, 0.29) is 18.3 Å². The van der Waals surface area contributed by atoms with Gasteiger partial charge in [0.05, 0.1) is 24.5 Å². The number of carbonyl (C=O) groups is 1. The third-order valence-electron chi connectivity index (χ3n) is 3.20. The Bertz CT molecular complexity index is 987. The van der Waals surface area contributed by atoms with E-state index < -0.39 is 27.7 Å². The van der Waals surface area contributed by atoms with Crippen molar-refractivity contribution in [2.24, 2.45) is 0 Å². The van der Waals surface area contributed by atoms with Crippen molar-refractivity contribution in [3.05, 3.63) is 62.6 Å². The van der Waals surface area contributed by atoms with E-state index in [4.69, 9.17) is 8.94 Å². The summed E-state index contributed by atoms with van der Waals surface area (Å²) in [4.78, 5) is 38.3. The molecule has 0 unspecified atom stereocenters. The predicted molar refractivity (Wildman–Crippen MR) is 79.8 cm³/mol. The average molecular weight is 346 g/mol. The molecule has 11 heteroatoms. The summed E-state index contributed by atoms with van der Waals surface area (Å²) < 4.78 is 15.5. The molecule has 0 radical (unpaired) electrons. The van der Waals surface area contributed by atoms with Crippen LogP contribution in [0.2, 0.25) is 0 Å². The molecule has 0 saturated carbocycles. The zero-order chi connectivity index (χ0) is 18.0. The van der Waals surface area contributed by atoms with Crippen molar-refractivity contribution in [2.45, 2.75) is 6.54 Å². The van der Waals surface area contributed by atoms with Crippen LogP contribution in [0.5, 0.6) is 0 Å². The molecule has 0 N–H and O–H groups in total. The van der Waals surface area contributed by atoms with Gasteiger partial charge in [-0.05, 0) is 12.1 Å². The first kappa shape index (κ1) is 16.1. The maximum atomic E-state index is 12.3. The van der Waals surface area contributed by atoms with Crippen LogP contribution in [0.15, 0.2) is 44.4 Å². The van der Waals surface area contributed by atoms with Crippen LogP contribution in [-0.2, 0) is 11.3 Å². The van der Waals surface area contributed by atoms with E-state index in [0.717, 1.165) is 23.9 Å². The number of nitro groups is 1. The van der Waals surface area contributed by atoms with Crippen molar-refractivity contribution in [3.63, 3.8) is 0 Å². The van der Waals surface area contributed by atoms with Crippen molar-refractivity contribution in [1.29, 1.82) is 0 Å². The lowest BCUT2D eigenvalue weighted by Gasteiger charge is -2.05. The number of nitrogens with zero attached hydrogens (tertiary/aromatic N) is 4. The molecule has 0 spiro atoms. The smallest absolute Gasteiger partial charge is 0.343 e. The first-order valence-corrected chi connectivity index (χ1v) is 6.83. The molecule has 3 aromatic heterocycles. The Morgan fingerprint density at radius 2 is 2.28 bits per heavy atom. The molecular weight excluding hydrogens is 336 g/mol. The second-order valence-electron chi connectivity index (χ2n) is 4.78. The van der Waals surface area contributed by atoms with Crippen molar-refractivity contribution in [3.8, 4) is 11.6 Å². The molecule has 3 rings (SSSR count). The van der Waals surface area contributed by atoms with Gasteiger partial charge in [-0.15, -0.1) is 0 Å². The lowest BCUT2D eigenvalue weighted by Crippen LogP contribution is -2.27. The summed E-state index contributed by atoms with van der Waals surface area (Å²) >= 11 is 0. The summed E-state index contributed by atoms with van der Waals surface area (Å²) in [6, 6.07) is 4.11. The van der Waals surface area contributed by atoms with Gasteiger partial charge < -0.3 is 13.7 Å². The van der Waals surface area contributed by atoms with Crippen LogP contribution in [-0.4, -0.2) is 32.7 Å². The number of ether oxygens (including phenoxy) is 1. The molecule has 0 bridgehead atoms. The maximum Gasteiger partial charge on any atom is 0.343 e. The number of aromatic nitrogens is 3. The standard InChI is InChI=1S/C14H10N4O7/c1-23-14(20)9-5-8(18(21)22)6-17(13(9)19)7-11-15-12(16-25-11)10-3-2-4-24-10/h2-6H,7H2,1H3. The van der Waals surface area contributed by atoms with Crippen LogP contribution in [0, 0.1) is 10.1 Å². The lowest BCUT2D eigenvalue weighted by molar-refractivity contribution is -0.385. The largest absolute Gasteiger partial charge is 0.465 e. The quantitative estimate of drug-likeness (QED) is 0.378. The summed E-state index contributed by atoms with van der Waals surface area (Å²) in [7, 11) is 1.07. The number of carbonyl (C=O) groups excluding carboxylic acids is 1. The minimum Gasteiger partial charge on any atom is -0.465 e. The van der Waals surface area contributed by atoms with Crippen molar-refractivity contribution in [2.75, 3.05) is 7.11 Å². The van der Waals surface area contributed by atoms with Crippen LogP contribution in [0.4, 0.5) is 5.69 Å². The maximum absolute atomic E-state index is 12.3. The molecule has 11 nitrogen and oxygen atoms in total. The Morgan fingerprint density at radius 1 is 1.48 bits per heavy atom. The summed E-state index contributed by atoms with van der Waals surface area (Å²) in [5.41, 5.74) is -1.71. The van der Waals surface area contributed by atoms with Gasteiger partial charge in [0.25, 0.3) is 11.2 Å². The molecule has 0 aliphatic carbocycles. The van der Waals surface area contributed by atoms with E-state index in [2.05, 4.69) is 14.9 Å². The molecule has 128 valence electrons. The van der Waals surface area contributed by atoms with E-state index in [0.29, 0.717) is 5.76 Å². The van der Waals surface area contributed by atoms with Gasteiger partial charge in [0, 0.05) is 6.07 Å². The van der Waals surface area contributed by atoms with E-state index in [1.807, 2.05) is 0 Å². The Morgan fingerprint density at radius 3 is 2.92 bits per heavy atom. The molecule has 0 aliphatic rings. The van der Waals surface area contributed by atoms with Crippen molar-refractivity contribution >= 4 is 11.7 Å². The third-order valence-corrected chi connectivity index (χ3v) is 3.20. The van der Waals surface area contributed by atoms with E-state index in [1.165, 1.54) is 6.26 Å². The summed E-state index contributed by atoms with van der Waals surface area (Å²) in [5.74, 6) is -0.461. The molecule has 25 heavy (non-hydrogen) atoms. The predicted octanol–water partition coefficient (Wildman–Crippen LogP) is 1.23. The molecule has 3 aromatic rings. The first-order valence-electron chi connectivity index (χ1n) is 6.83. The highest BCUT2D eigenvalue weighted by atomic mass is 16.6. The third kappa shape index (κ3) is 3.15. The Kier molecular flexibility index (Phi) is 4.12. The second-order valence-corrected chi connectivity index (χ2v) is 4.78. The summed E-state index contributed by atoms with van der Waals surface area (Å²) in [5, 5.41) is 14.7. The number of furan rings is 1. The monoisotopic (exact) mass is 346 g/mol. The molecule has 0 atom stereocenters. The molecule has 0 amide bonds. The Hall–Kier alpha value is -3.76. The molecule has 3 heterocycles. The Balaban J connectivity index is 1.99. The number of hydrogen-bond donors (Lipinski definition) is 0. The van der Waals surface area contributed by atoms with Crippen molar-refractivity contribution in [1.82, 2.24) is 14.7 Å². The zero-order valence-electron chi connectivity index (χ0n) is 12.7. The lowest BCUT2D eigenvalue weighted by atomic mass is 10.2. The molecule has 0 saturated heterocycles. The number of rotatable bonds is 5. The van der Waals surface area contributed by atoms with E-state index in [1.54, 1.807) is 12.1 Å². The van der Waals surface area contributed by atoms with Crippen molar-refractivity contribution < 1.29 is 23.4 Å². The van der Waals surface area contributed by atoms with Crippen LogP contribution < -0.4 is 5.56 Å². The highest BCUT2D eigenvalue weighted by Gasteiger charge is 2.21. The fourth-order valence-electron chi connectivity index (χ4n) is 2.06. The number of esters is 1. The first-order chi connectivity index (χ1) is 12.0. The van der Waals surface area contributed by atoms with Crippen LogP contribution in [0.1, 0.15) is 16.2 Å². The zero-order valence-corrected chi connectivity index (χ0v) is 12.7. The second kappa shape index (κ2) is 6.39. The van der Waals surface area contributed by atoms with Gasteiger partial charge in [-0.25, -0.2) is 4.79 Å². The van der Waals surface area contributed by atoms with Gasteiger partial charge in [0.15, 0.2) is 5.76 Å². The number of pyridine rings is 1. The average Bonchev–Trinajstić information content (AvgIpc) is 3.27. The van der Waals surface area contributed by atoms with Gasteiger partial charge in [-0.1, -0.05) is 5.16 Å². The minimum absolute atomic E-state index is 0.00446. The fraction of sp³-hybridized carbons (Fsp3) is 0.143. The van der Waals surface area contributed by atoms with E-state index in [9.17, 15) is 19.7 Å². The SMILES string of the molecule is COC(=O)c1cc([N+](=O)[O-])cn(Cc2nc(-c3ccco3)no2)c1=O. The highest BCUT2D eigenvalue weighted by molar-refractivity contribution is 5.89. The molecule has 0 aliphatic heterocycles. The summed E-state index contributed by atoms with van der Waals surface area (Å²) in [6.45, 7) is -0.266. The van der Waals surface area contributed by atoms with Crippen LogP contribution in [0.25, 0.3) is 11.6 Å². The number of hydrogen-bond acceptors (Lipinski definition) is 9.